The van der Waals surface area contributed by atoms with Crippen molar-refractivity contribution in [3.63, 3.8) is 0 Å². The van der Waals surface area contributed by atoms with Crippen molar-refractivity contribution in [3.05, 3.63) is 0 Å². The van der Waals surface area contributed by atoms with Crippen molar-refractivity contribution in [1.82, 2.24) is 0 Å². The molecule has 0 aliphatic carbocycles. The maximum Gasteiger partial charge on any atom is 0.0436 e. The van der Waals surface area contributed by atoms with E-state index in [4.69, 9.17) is 10.2 Å². The minimum absolute atomic E-state index is 0.244. The van der Waals surface area contributed by atoms with Crippen LogP contribution in [0.3, 0.4) is 0 Å². The molecule has 0 aromatic carbocycles. The Bertz CT molecular complexity index is 105. The molecule has 0 aliphatic rings. The molecule has 0 aliphatic heterocycles. The smallest absolute Gasteiger partial charge is 0.0436 e. The highest BCUT2D eigenvalue weighted by molar-refractivity contribution is 4.73. The normalized spacial score (nSPS) is 15.7. The molecule has 0 aromatic heterocycles. The Labute approximate surface area is 82.0 Å². The van der Waals surface area contributed by atoms with E-state index in [0.29, 0.717) is 0 Å². The lowest BCUT2D eigenvalue weighted by molar-refractivity contribution is 0.156. The SMILES string of the molecule is CCCC[C@](C)(CCO)CCCO. The topological polar surface area (TPSA) is 40.5 Å². The molecule has 0 unspecified atom stereocenters. The zero-order valence-electron chi connectivity index (χ0n) is 9.05. The van der Waals surface area contributed by atoms with Crippen molar-refractivity contribution in [2.24, 2.45) is 5.41 Å². The van der Waals surface area contributed by atoms with Gasteiger partial charge in [-0.2, -0.15) is 0 Å². The van der Waals surface area contributed by atoms with Gasteiger partial charge in [0, 0.05) is 13.2 Å². The molecule has 2 nitrogen and oxygen atoms in total. The first kappa shape index (κ1) is 12.9. The summed E-state index contributed by atoms with van der Waals surface area (Å²) in [5.74, 6) is 0. The second kappa shape index (κ2) is 7.34. The van der Waals surface area contributed by atoms with Crippen LogP contribution in [0, 0.1) is 5.41 Å². The van der Waals surface area contributed by atoms with Crippen LogP contribution in [0.5, 0.6) is 0 Å². The third-order valence-electron chi connectivity index (χ3n) is 2.79. The lowest BCUT2D eigenvalue weighted by Gasteiger charge is -2.28. The molecular formula is C11H24O2. The van der Waals surface area contributed by atoms with E-state index >= 15 is 0 Å². The van der Waals surface area contributed by atoms with E-state index in [1.54, 1.807) is 0 Å². The van der Waals surface area contributed by atoms with Crippen molar-refractivity contribution in [3.8, 4) is 0 Å². The molecule has 0 spiro atoms. The number of aliphatic hydroxyl groups is 2. The molecule has 13 heavy (non-hydrogen) atoms. The maximum atomic E-state index is 8.94. The molecule has 0 saturated heterocycles. The fourth-order valence-corrected chi connectivity index (χ4v) is 1.75. The average Bonchev–Trinajstić information content (AvgIpc) is 2.12. The van der Waals surface area contributed by atoms with E-state index in [0.717, 1.165) is 19.3 Å². The van der Waals surface area contributed by atoms with Gasteiger partial charge in [-0.3, -0.25) is 0 Å². The van der Waals surface area contributed by atoms with Gasteiger partial charge in [0.15, 0.2) is 0 Å². The van der Waals surface area contributed by atoms with E-state index < -0.39 is 0 Å². The van der Waals surface area contributed by atoms with Crippen LogP contribution in [0.1, 0.15) is 52.4 Å². The van der Waals surface area contributed by atoms with Gasteiger partial charge in [-0.15, -0.1) is 0 Å². The fraction of sp³-hybridized carbons (Fsp3) is 1.00. The summed E-state index contributed by atoms with van der Waals surface area (Å²) in [5.41, 5.74) is 0.244. The first-order valence-electron chi connectivity index (χ1n) is 5.40. The zero-order chi connectivity index (χ0) is 10.2. The van der Waals surface area contributed by atoms with E-state index in [1.165, 1.54) is 19.3 Å². The van der Waals surface area contributed by atoms with Crippen molar-refractivity contribution < 1.29 is 10.2 Å². The van der Waals surface area contributed by atoms with Crippen molar-refractivity contribution >= 4 is 0 Å². The molecule has 2 heteroatoms. The number of hydrogen-bond acceptors (Lipinski definition) is 2. The standard InChI is InChI=1S/C11H24O2/c1-3-4-6-11(2,8-10-13)7-5-9-12/h12-13H,3-10H2,1-2H3/t11-/m0/s1. The highest BCUT2D eigenvalue weighted by Gasteiger charge is 2.21. The fourth-order valence-electron chi connectivity index (χ4n) is 1.75. The number of rotatable bonds is 8. The lowest BCUT2D eigenvalue weighted by atomic mass is 9.78. The molecule has 0 aromatic rings. The van der Waals surface area contributed by atoms with E-state index in [9.17, 15) is 0 Å². The highest BCUT2D eigenvalue weighted by atomic mass is 16.3. The molecule has 0 bridgehead atoms. The summed E-state index contributed by atoms with van der Waals surface area (Å²) in [6, 6.07) is 0. The third-order valence-corrected chi connectivity index (χ3v) is 2.79. The molecule has 0 radical (unpaired) electrons. The van der Waals surface area contributed by atoms with E-state index in [-0.39, 0.29) is 18.6 Å². The van der Waals surface area contributed by atoms with Crippen LogP contribution in [0.25, 0.3) is 0 Å². The molecule has 0 saturated carbocycles. The predicted octanol–water partition coefficient (Wildman–Crippen LogP) is 2.34. The Morgan fingerprint density at radius 3 is 2.00 bits per heavy atom. The summed E-state index contributed by atoms with van der Waals surface area (Å²) in [5, 5.41) is 17.7. The van der Waals surface area contributed by atoms with Crippen LogP contribution in [0.15, 0.2) is 0 Å². The van der Waals surface area contributed by atoms with Gasteiger partial charge >= 0.3 is 0 Å². The van der Waals surface area contributed by atoms with Gasteiger partial charge in [0.25, 0.3) is 0 Å². The van der Waals surface area contributed by atoms with Crippen molar-refractivity contribution in [2.45, 2.75) is 52.4 Å². The number of unbranched alkanes of at least 4 members (excludes halogenated alkanes) is 1. The quantitative estimate of drug-likeness (QED) is 0.614. The van der Waals surface area contributed by atoms with Crippen LogP contribution in [-0.4, -0.2) is 23.4 Å². The molecule has 80 valence electrons. The minimum atomic E-state index is 0.244. The monoisotopic (exact) mass is 188 g/mol. The Morgan fingerprint density at radius 1 is 0.923 bits per heavy atom. The van der Waals surface area contributed by atoms with Crippen LogP contribution in [0.4, 0.5) is 0 Å². The number of hydrogen-bond donors (Lipinski definition) is 2. The van der Waals surface area contributed by atoms with Crippen molar-refractivity contribution in [2.75, 3.05) is 13.2 Å². The summed E-state index contributed by atoms with van der Waals surface area (Å²) in [6.45, 7) is 4.94. The van der Waals surface area contributed by atoms with Crippen LogP contribution in [0.2, 0.25) is 0 Å². The third kappa shape index (κ3) is 6.05. The summed E-state index contributed by atoms with van der Waals surface area (Å²) in [7, 11) is 0. The first-order valence-corrected chi connectivity index (χ1v) is 5.40. The second-order valence-electron chi connectivity index (χ2n) is 4.21. The molecule has 0 heterocycles. The van der Waals surface area contributed by atoms with Gasteiger partial charge in [0.2, 0.25) is 0 Å². The van der Waals surface area contributed by atoms with Crippen LogP contribution in [-0.2, 0) is 0 Å². The summed E-state index contributed by atoms with van der Waals surface area (Å²) in [4.78, 5) is 0. The van der Waals surface area contributed by atoms with Gasteiger partial charge in [-0.1, -0.05) is 26.7 Å². The first-order chi connectivity index (χ1) is 6.18. The second-order valence-corrected chi connectivity index (χ2v) is 4.21. The van der Waals surface area contributed by atoms with E-state index in [2.05, 4.69) is 13.8 Å². The van der Waals surface area contributed by atoms with Gasteiger partial charge in [-0.05, 0) is 31.1 Å². The largest absolute Gasteiger partial charge is 0.396 e. The molecule has 0 rings (SSSR count). The molecule has 0 amide bonds. The lowest BCUT2D eigenvalue weighted by Crippen LogP contribution is -2.18. The Morgan fingerprint density at radius 2 is 1.54 bits per heavy atom. The molecule has 0 fully saturated rings. The Kier molecular flexibility index (Phi) is 7.29. The average molecular weight is 188 g/mol. The maximum absolute atomic E-state index is 8.94. The Hall–Kier alpha value is -0.0800. The van der Waals surface area contributed by atoms with Crippen molar-refractivity contribution in [1.29, 1.82) is 0 Å². The predicted molar refractivity (Wildman–Crippen MR) is 55.7 cm³/mol. The molecule has 2 N–H and O–H groups in total. The van der Waals surface area contributed by atoms with Crippen LogP contribution >= 0.6 is 0 Å². The zero-order valence-corrected chi connectivity index (χ0v) is 9.05. The number of aliphatic hydroxyl groups excluding tert-OH is 2. The molecular weight excluding hydrogens is 164 g/mol. The highest BCUT2D eigenvalue weighted by Crippen LogP contribution is 2.33. The van der Waals surface area contributed by atoms with Gasteiger partial charge in [0.1, 0.15) is 0 Å². The van der Waals surface area contributed by atoms with Gasteiger partial charge in [0.05, 0.1) is 0 Å². The van der Waals surface area contributed by atoms with Gasteiger partial charge < -0.3 is 10.2 Å². The summed E-state index contributed by atoms with van der Waals surface area (Å²) < 4.78 is 0. The van der Waals surface area contributed by atoms with Gasteiger partial charge in [-0.25, -0.2) is 0 Å². The minimum Gasteiger partial charge on any atom is -0.396 e. The molecule has 1 atom stereocenters. The van der Waals surface area contributed by atoms with Crippen LogP contribution < -0.4 is 0 Å². The Balaban J connectivity index is 3.84. The summed E-state index contributed by atoms with van der Waals surface area (Å²) >= 11 is 0. The van der Waals surface area contributed by atoms with E-state index in [1.807, 2.05) is 0 Å². The summed E-state index contributed by atoms with van der Waals surface area (Å²) in [6.07, 6.45) is 6.36.